The van der Waals surface area contributed by atoms with Crippen LogP contribution in [0.25, 0.3) is 0 Å². The van der Waals surface area contributed by atoms with E-state index in [4.69, 9.17) is 18.0 Å². The van der Waals surface area contributed by atoms with Crippen molar-refractivity contribution < 1.29 is 21.8 Å². The van der Waals surface area contributed by atoms with Crippen molar-refractivity contribution in [2.24, 2.45) is 0 Å². The molecule has 0 aliphatic carbocycles. The third-order valence-corrected chi connectivity index (χ3v) is 0.607. The van der Waals surface area contributed by atoms with Crippen LogP contribution in [0.1, 0.15) is 13.8 Å². The smallest absolute Gasteiger partial charge is 0.0633 e. The van der Waals surface area contributed by atoms with E-state index in [0.29, 0.717) is 0 Å². The van der Waals surface area contributed by atoms with Crippen molar-refractivity contribution in [1.29, 1.82) is 0 Å². The maximum atomic E-state index is 8.65. The van der Waals surface area contributed by atoms with Crippen molar-refractivity contribution in [2.45, 2.75) is 13.8 Å². The Hall–Kier alpha value is -0.876. The predicted octanol–water partition coefficient (Wildman–Crippen LogP) is 2.70. The van der Waals surface area contributed by atoms with E-state index in [-0.39, 0.29) is 0 Å². The molecule has 2 heteroatoms. The number of rotatable bonds is 2. The summed E-state index contributed by atoms with van der Waals surface area (Å²) in [4.78, 5) is 8.65. The number of carbonyl (C=O) groups excluding carboxylic acids is 1. The van der Waals surface area contributed by atoms with Crippen LogP contribution in [0.2, 0.25) is 0 Å². The zero-order chi connectivity index (χ0) is 10.9. The Labute approximate surface area is 90.0 Å². The molecule has 0 bridgehead atoms. The molecule has 0 heterocycles. The number of hydrogen-bond acceptors (Lipinski definition) is 1. The third kappa shape index (κ3) is 94.9. The Kier molecular flexibility index (Phi) is 42.1. The van der Waals surface area contributed by atoms with Crippen LogP contribution in [-0.2, 0) is 21.8 Å². The van der Waals surface area contributed by atoms with Gasteiger partial charge in [0.25, 0.3) is 0 Å². The largest absolute Gasteiger partial charge is 0.293 e. The molecule has 0 atom stereocenters. The van der Waals surface area contributed by atoms with Crippen molar-refractivity contribution in [3.63, 3.8) is 0 Å². The first-order valence-electron chi connectivity index (χ1n) is 3.58. The molecule has 13 heavy (non-hydrogen) atoms. The number of hydrogen-bond donors (Lipinski definition) is 0. The molecule has 0 aromatic rings. The molecule has 0 saturated heterocycles. The molecule has 0 aromatic heterocycles. The minimum absolute atomic E-state index is 1.44. The Morgan fingerprint density at radius 2 is 1.31 bits per heavy atom. The van der Waals surface area contributed by atoms with E-state index in [2.05, 4.69) is 0 Å². The Morgan fingerprint density at radius 1 is 1.08 bits per heavy atom. The van der Waals surface area contributed by atoms with Crippen LogP contribution >= 0.6 is 0 Å². The average Bonchev–Trinajstić information content (AvgIpc) is 2.09. The second-order valence-corrected chi connectivity index (χ2v) is 1.81. The first kappa shape index (κ1) is 18.0. The van der Waals surface area contributed by atoms with Crippen LogP contribution in [0.3, 0.4) is 0 Å². The molecule has 0 N–H and O–H groups in total. The molecular formula is C11H14OV. The van der Waals surface area contributed by atoms with Gasteiger partial charge in [0.05, 0.1) is 0 Å². The summed E-state index contributed by atoms with van der Waals surface area (Å²) in [6, 6.07) is 0. The first-order chi connectivity index (χ1) is 6.24. The topological polar surface area (TPSA) is 17.1 Å². The molecule has 0 aliphatic rings. The van der Waals surface area contributed by atoms with Crippen LogP contribution < -0.4 is 0 Å². The van der Waals surface area contributed by atoms with Gasteiger partial charge in [-0.1, -0.05) is 13.8 Å². The SMILES string of the molecule is O=[C]=[V+2].[CH-]=CC=CC.[CH-]=CC=CC. The van der Waals surface area contributed by atoms with Gasteiger partial charge in [0, 0.05) is 0 Å². The van der Waals surface area contributed by atoms with Crippen LogP contribution in [0.5, 0.6) is 0 Å². The predicted molar refractivity (Wildman–Crippen MR) is 53.1 cm³/mol. The summed E-state index contributed by atoms with van der Waals surface area (Å²) in [5, 5.41) is 0. The van der Waals surface area contributed by atoms with Gasteiger partial charge in [-0.05, 0) is 0 Å². The first-order valence-corrected chi connectivity index (χ1v) is 4.28. The third-order valence-electron chi connectivity index (χ3n) is 0.607. The van der Waals surface area contributed by atoms with Crippen LogP contribution in [0.4, 0.5) is 0 Å². The molecule has 0 spiro atoms. The van der Waals surface area contributed by atoms with Gasteiger partial charge >= 0.3 is 26.4 Å². The summed E-state index contributed by atoms with van der Waals surface area (Å²) >= 11 is 1.66. The molecule has 0 fully saturated rings. The second-order valence-electron chi connectivity index (χ2n) is 1.53. The molecular weight excluding hydrogens is 199 g/mol. The summed E-state index contributed by atoms with van der Waals surface area (Å²) < 4.78 is 1.44. The van der Waals surface area contributed by atoms with Gasteiger partial charge in [-0.25, -0.2) is 24.3 Å². The maximum Gasteiger partial charge on any atom is -0.0633 e. The van der Waals surface area contributed by atoms with E-state index < -0.39 is 0 Å². The molecule has 0 unspecified atom stereocenters. The summed E-state index contributed by atoms with van der Waals surface area (Å²) in [6.07, 6.45) is 10.3. The van der Waals surface area contributed by atoms with Crippen molar-refractivity contribution in [3.8, 4) is 0 Å². The molecule has 0 aromatic carbocycles. The fraction of sp³-hybridized carbons (Fsp3) is 0.182. The quantitative estimate of drug-likeness (QED) is 0.509. The summed E-state index contributed by atoms with van der Waals surface area (Å²) in [6.45, 7) is 13.7. The molecule has 0 aliphatic heterocycles. The Bertz CT molecular complexity index is 168. The Balaban J connectivity index is -0.000000120. The van der Waals surface area contributed by atoms with E-state index in [1.165, 1.54) is 16.7 Å². The van der Waals surface area contributed by atoms with Crippen LogP contribution in [-0.4, -0.2) is 4.59 Å². The second kappa shape index (κ2) is 30.4. The van der Waals surface area contributed by atoms with Gasteiger partial charge in [-0.3, -0.25) is 13.2 Å². The summed E-state index contributed by atoms with van der Waals surface area (Å²) in [5.41, 5.74) is 0. The maximum absolute atomic E-state index is 8.65. The monoisotopic (exact) mass is 213 g/mol. The van der Waals surface area contributed by atoms with Crippen molar-refractivity contribution in [1.82, 2.24) is 0 Å². The standard InChI is InChI=1S/2C5H7.CO.V/c2*1-3-5-4-2;1-2;/h2*1,3-5H,2H3;;/q2*-1;;+2. The van der Waals surface area contributed by atoms with E-state index >= 15 is 0 Å². The van der Waals surface area contributed by atoms with E-state index in [9.17, 15) is 0 Å². The molecule has 0 rings (SSSR count). The van der Waals surface area contributed by atoms with Gasteiger partial charge in [0.2, 0.25) is 0 Å². The van der Waals surface area contributed by atoms with Gasteiger partial charge in [0.15, 0.2) is 0 Å². The normalized spacial score (nSPS) is 7.69. The zero-order valence-corrected chi connectivity index (χ0v) is 9.37. The fourth-order valence-corrected chi connectivity index (χ4v) is 0.222. The summed E-state index contributed by atoms with van der Waals surface area (Å²) in [7, 11) is 0. The molecule has 1 nitrogen and oxygen atoms in total. The molecule has 0 amide bonds. The van der Waals surface area contributed by atoms with Gasteiger partial charge in [-0.2, -0.15) is 12.2 Å². The van der Waals surface area contributed by atoms with Gasteiger partial charge < -0.3 is 0 Å². The molecule has 0 radical (unpaired) electrons. The van der Waals surface area contributed by atoms with E-state index in [1.807, 2.05) is 26.0 Å². The van der Waals surface area contributed by atoms with Gasteiger partial charge in [0.1, 0.15) is 0 Å². The minimum Gasteiger partial charge on any atom is -0.293 e. The zero-order valence-electron chi connectivity index (χ0n) is 7.97. The van der Waals surface area contributed by atoms with Gasteiger partial charge in [-0.15, -0.1) is 0 Å². The minimum atomic E-state index is 1.44. The Morgan fingerprint density at radius 3 is 1.31 bits per heavy atom. The van der Waals surface area contributed by atoms with Crippen molar-refractivity contribution in [3.05, 3.63) is 49.6 Å². The van der Waals surface area contributed by atoms with Crippen LogP contribution in [0.15, 0.2) is 36.5 Å². The van der Waals surface area contributed by atoms with Crippen molar-refractivity contribution >= 4 is 4.59 Å². The summed E-state index contributed by atoms with van der Waals surface area (Å²) in [5.74, 6) is 0. The fourth-order valence-electron chi connectivity index (χ4n) is 0.222. The average molecular weight is 213 g/mol. The number of allylic oxidation sites excluding steroid dienone is 6. The van der Waals surface area contributed by atoms with Crippen LogP contribution in [0, 0.1) is 13.2 Å². The van der Waals surface area contributed by atoms with Crippen molar-refractivity contribution in [2.75, 3.05) is 0 Å². The van der Waals surface area contributed by atoms with E-state index in [0.717, 1.165) is 0 Å². The molecule has 69 valence electrons. The van der Waals surface area contributed by atoms with E-state index in [1.54, 1.807) is 29.1 Å². The molecule has 0 saturated carbocycles.